The van der Waals surface area contributed by atoms with Crippen LogP contribution in [0.4, 0.5) is 0 Å². The van der Waals surface area contributed by atoms with E-state index in [0.29, 0.717) is 0 Å². The molecular formula is C23H34O5. The van der Waals surface area contributed by atoms with Crippen LogP contribution in [0.25, 0.3) is 0 Å². The Bertz CT molecular complexity index is 613. The van der Waals surface area contributed by atoms with Gasteiger partial charge in [-0.25, -0.2) is 4.79 Å². The first kappa shape index (κ1) is 22.3. The molecule has 2 aliphatic rings. The van der Waals surface area contributed by atoms with Gasteiger partial charge in [0.2, 0.25) is 0 Å². The highest BCUT2D eigenvalue weighted by molar-refractivity contribution is 5.92. The van der Waals surface area contributed by atoms with Gasteiger partial charge >= 0.3 is 11.9 Å². The van der Waals surface area contributed by atoms with E-state index < -0.39 is 5.97 Å². The number of esters is 2. The van der Waals surface area contributed by atoms with Gasteiger partial charge in [0.05, 0.1) is 5.92 Å². The summed E-state index contributed by atoms with van der Waals surface area (Å²) in [6.45, 7) is 3.76. The Kier molecular flexibility index (Phi) is 9.32. The van der Waals surface area contributed by atoms with Gasteiger partial charge in [-0.2, -0.15) is 0 Å². The molecule has 2 aliphatic carbocycles. The van der Waals surface area contributed by atoms with Gasteiger partial charge in [0.15, 0.2) is 0 Å². The van der Waals surface area contributed by atoms with Crippen molar-refractivity contribution in [3.63, 3.8) is 0 Å². The number of aromatic hydroxyl groups is 1. The van der Waals surface area contributed by atoms with Crippen molar-refractivity contribution in [2.75, 3.05) is 0 Å². The fourth-order valence-corrected chi connectivity index (χ4v) is 3.53. The van der Waals surface area contributed by atoms with Crippen molar-refractivity contribution in [1.29, 1.82) is 0 Å². The zero-order valence-electron chi connectivity index (χ0n) is 17.2. The van der Waals surface area contributed by atoms with Crippen molar-refractivity contribution in [2.45, 2.75) is 90.3 Å². The molecule has 0 radical (unpaired) electrons. The Morgan fingerprint density at radius 2 is 1.36 bits per heavy atom. The first-order valence-electron chi connectivity index (χ1n) is 10.7. The molecule has 0 aromatic heterocycles. The van der Waals surface area contributed by atoms with E-state index in [-0.39, 0.29) is 35.4 Å². The summed E-state index contributed by atoms with van der Waals surface area (Å²) in [4.78, 5) is 22.9. The molecule has 2 fully saturated rings. The van der Waals surface area contributed by atoms with Crippen molar-refractivity contribution in [1.82, 2.24) is 0 Å². The van der Waals surface area contributed by atoms with Gasteiger partial charge in [-0.1, -0.05) is 38.8 Å². The van der Waals surface area contributed by atoms with Gasteiger partial charge in [0, 0.05) is 0 Å². The molecule has 2 saturated carbocycles. The van der Waals surface area contributed by atoms with E-state index in [1.807, 2.05) is 13.8 Å². The molecule has 3 rings (SSSR count). The minimum atomic E-state index is -0.412. The Hall–Kier alpha value is -2.04. The summed E-state index contributed by atoms with van der Waals surface area (Å²) >= 11 is 0. The first-order chi connectivity index (χ1) is 13.5. The van der Waals surface area contributed by atoms with Crippen molar-refractivity contribution in [3.8, 4) is 5.75 Å². The maximum atomic E-state index is 11.8. The molecule has 0 aliphatic heterocycles. The zero-order valence-corrected chi connectivity index (χ0v) is 17.2. The normalized spacial score (nSPS) is 18.1. The lowest BCUT2D eigenvalue weighted by Crippen LogP contribution is -2.23. The predicted molar refractivity (Wildman–Crippen MR) is 108 cm³/mol. The maximum absolute atomic E-state index is 11.8. The third-order valence-electron chi connectivity index (χ3n) is 5.26. The average Bonchev–Trinajstić information content (AvgIpc) is 2.70. The molecular weight excluding hydrogens is 356 g/mol. The number of hydrogen-bond donors (Lipinski definition) is 1. The molecule has 5 heteroatoms. The number of carbonyl (C=O) groups excluding carboxylic acids is 2. The Labute approximate surface area is 168 Å². The number of ether oxygens (including phenoxy) is 2. The summed E-state index contributed by atoms with van der Waals surface area (Å²) in [6, 6.07) is 6.49. The molecule has 156 valence electrons. The van der Waals surface area contributed by atoms with Crippen LogP contribution in [0, 0.1) is 5.92 Å². The molecule has 0 amide bonds. The lowest BCUT2D eigenvalue weighted by atomic mass is 9.98. The number of rotatable bonds is 4. The second kappa shape index (κ2) is 11.7. The summed E-state index contributed by atoms with van der Waals surface area (Å²) in [5.74, 6) is -0.442. The van der Waals surface area contributed by atoms with Gasteiger partial charge in [0.25, 0.3) is 0 Å². The number of phenols is 1. The summed E-state index contributed by atoms with van der Waals surface area (Å²) in [5.41, 5.74) is 0.257. The van der Waals surface area contributed by atoms with Crippen molar-refractivity contribution in [3.05, 3.63) is 29.8 Å². The first-order valence-corrected chi connectivity index (χ1v) is 10.7. The second-order valence-corrected chi connectivity index (χ2v) is 8.03. The topological polar surface area (TPSA) is 72.8 Å². The van der Waals surface area contributed by atoms with Crippen molar-refractivity contribution >= 4 is 11.9 Å². The van der Waals surface area contributed by atoms with E-state index in [9.17, 15) is 14.7 Å². The quantitative estimate of drug-likeness (QED) is 0.697. The van der Waals surface area contributed by atoms with Crippen molar-refractivity contribution < 1.29 is 24.2 Å². The number of hydrogen-bond acceptors (Lipinski definition) is 5. The van der Waals surface area contributed by atoms with E-state index in [4.69, 9.17) is 9.47 Å². The van der Waals surface area contributed by atoms with Gasteiger partial charge in [-0.05, 0) is 63.5 Å². The number of para-hydroxylation sites is 1. The smallest absolute Gasteiger partial charge is 0.342 e. The predicted octanol–water partition coefficient (Wildman–Crippen LogP) is 5.40. The molecule has 1 N–H and O–H groups in total. The van der Waals surface area contributed by atoms with Crippen LogP contribution >= 0.6 is 0 Å². The standard InChI is InChI=1S/C13H16O3.C10H18O2/c14-12-9-5-4-8-11(12)13(15)16-10-6-2-1-3-7-10;1-8(2)10(11)12-9-6-4-3-5-7-9/h4-5,8-10,14H,1-3,6-7H2;8-9H,3-7H2,1-2H3. The Balaban J connectivity index is 0.000000209. The third kappa shape index (κ3) is 7.53. The second-order valence-electron chi connectivity index (χ2n) is 8.03. The zero-order chi connectivity index (χ0) is 20.4. The maximum Gasteiger partial charge on any atom is 0.342 e. The van der Waals surface area contributed by atoms with Gasteiger partial charge < -0.3 is 14.6 Å². The highest BCUT2D eigenvalue weighted by Gasteiger charge is 2.20. The number of carbonyl (C=O) groups is 2. The molecule has 0 heterocycles. The van der Waals surface area contributed by atoms with Gasteiger partial charge in [-0.3, -0.25) is 4.79 Å². The van der Waals surface area contributed by atoms with Gasteiger partial charge in [0.1, 0.15) is 23.5 Å². The van der Waals surface area contributed by atoms with E-state index in [1.54, 1.807) is 18.2 Å². The number of phenolic OH excluding ortho intramolecular Hbond substituents is 1. The molecule has 1 aromatic carbocycles. The summed E-state index contributed by atoms with van der Waals surface area (Å²) in [6.07, 6.45) is 11.5. The highest BCUT2D eigenvalue weighted by Crippen LogP contribution is 2.24. The molecule has 0 unspecified atom stereocenters. The summed E-state index contributed by atoms with van der Waals surface area (Å²) in [7, 11) is 0. The SMILES string of the molecule is CC(C)C(=O)OC1CCCCC1.O=C(OC1CCCCC1)c1ccccc1O. The fraction of sp³-hybridized carbons (Fsp3) is 0.652. The van der Waals surface area contributed by atoms with Crippen LogP contribution in [0.1, 0.15) is 88.4 Å². The third-order valence-corrected chi connectivity index (χ3v) is 5.26. The van der Waals surface area contributed by atoms with E-state index in [0.717, 1.165) is 38.5 Å². The fourth-order valence-electron chi connectivity index (χ4n) is 3.53. The summed E-state index contributed by atoms with van der Waals surface area (Å²) in [5, 5.41) is 9.51. The van der Waals surface area contributed by atoms with Crippen LogP contribution in [0.5, 0.6) is 5.75 Å². The molecule has 28 heavy (non-hydrogen) atoms. The molecule has 0 spiro atoms. The van der Waals surface area contributed by atoms with E-state index >= 15 is 0 Å². The largest absolute Gasteiger partial charge is 0.507 e. The minimum Gasteiger partial charge on any atom is -0.507 e. The van der Waals surface area contributed by atoms with Crippen molar-refractivity contribution in [2.24, 2.45) is 5.92 Å². The van der Waals surface area contributed by atoms with Crippen LogP contribution in [0.2, 0.25) is 0 Å². The van der Waals surface area contributed by atoms with E-state index in [1.165, 1.54) is 31.7 Å². The Morgan fingerprint density at radius 1 is 0.857 bits per heavy atom. The number of benzene rings is 1. The average molecular weight is 391 g/mol. The van der Waals surface area contributed by atoms with Crippen LogP contribution in [0.15, 0.2) is 24.3 Å². The lowest BCUT2D eigenvalue weighted by molar-refractivity contribution is -0.154. The van der Waals surface area contributed by atoms with Gasteiger partial charge in [-0.15, -0.1) is 0 Å². The minimum absolute atomic E-state index is 0.0108. The van der Waals surface area contributed by atoms with Crippen LogP contribution in [-0.4, -0.2) is 29.3 Å². The molecule has 0 atom stereocenters. The Morgan fingerprint density at radius 3 is 1.86 bits per heavy atom. The molecule has 0 saturated heterocycles. The highest BCUT2D eigenvalue weighted by atomic mass is 16.5. The molecule has 5 nitrogen and oxygen atoms in total. The summed E-state index contributed by atoms with van der Waals surface area (Å²) < 4.78 is 10.7. The lowest BCUT2D eigenvalue weighted by Gasteiger charge is -2.22. The van der Waals surface area contributed by atoms with Crippen LogP contribution < -0.4 is 0 Å². The van der Waals surface area contributed by atoms with Crippen LogP contribution in [0.3, 0.4) is 0 Å². The monoisotopic (exact) mass is 390 g/mol. The van der Waals surface area contributed by atoms with E-state index in [2.05, 4.69) is 0 Å². The molecule has 0 bridgehead atoms. The van der Waals surface area contributed by atoms with Crippen LogP contribution in [-0.2, 0) is 14.3 Å². The molecule has 1 aromatic rings.